The summed E-state index contributed by atoms with van der Waals surface area (Å²) in [5.74, 6) is 1.23. The molecule has 118 valence electrons. The van der Waals surface area contributed by atoms with Crippen LogP contribution in [0.5, 0.6) is 11.5 Å². The Bertz CT molecular complexity index is 790. The van der Waals surface area contributed by atoms with Crippen LogP contribution < -0.4 is 9.47 Å². The maximum absolute atomic E-state index is 12.7. The molecule has 5 heteroatoms. The fraction of sp³-hybridized carbons (Fsp3) is 0.278. The molecule has 0 spiro atoms. The van der Waals surface area contributed by atoms with Crippen LogP contribution in [0.15, 0.2) is 40.9 Å². The van der Waals surface area contributed by atoms with Gasteiger partial charge in [-0.1, -0.05) is 27.5 Å². The van der Waals surface area contributed by atoms with E-state index >= 15 is 0 Å². The Balaban J connectivity index is 1.68. The Labute approximate surface area is 147 Å². The number of carbonyl (C=O) groups is 1. The molecule has 0 N–H and O–H groups in total. The van der Waals surface area contributed by atoms with Crippen LogP contribution >= 0.6 is 27.5 Å². The van der Waals surface area contributed by atoms with Gasteiger partial charge >= 0.3 is 0 Å². The van der Waals surface area contributed by atoms with Gasteiger partial charge in [-0.3, -0.25) is 4.79 Å². The number of benzene rings is 2. The van der Waals surface area contributed by atoms with Gasteiger partial charge in [0, 0.05) is 15.6 Å². The van der Waals surface area contributed by atoms with Crippen LogP contribution in [-0.4, -0.2) is 18.0 Å². The summed E-state index contributed by atoms with van der Waals surface area (Å²) < 4.78 is 12.8. The molecule has 23 heavy (non-hydrogen) atoms. The van der Waals surface area contributed by atoms with Crippen LogP contribution in [-0.2, 0) is 0 Å². The minimum atomic E-state index is -0.128. The van der Waals surface area contributed by atoms with Crippen LogP contribution in [0.2, 0.25) is 5.02 Å². The molecular weight excluding hydrogens is 380 g/mol. The lowest BCUT2D eigenvalue weighted by Gasteiger charge is -2.29. The highest BCUT2D eigenvalue weighted by Gasteiger charge is 2.35. The molecule has 2 aromatic rings. The van der Waals surface area contributed by atoms with E-state index in [9.17, 15) is 4.79 Å². The SMILES string of the molecule is O=C(c1ccc2c(c1)OC1CCCC1O2)c1cc(Br)ccc1Cl. The zero-order valence-corrected chi connectivity index (χ0v) is 14.6. The van der Waals surface area contributed by atoms with Gasteiger partial charge in [-0.05, 0) is 55.7 Å². The summed E-state index contributed by atoms with van der Waals surface area (Å²) >= 11 is 9.53. The highest BCUT2D eigenvalue weighted by Crippen LogP contribution is 2.40. The molecule has 2 atom stereocenters. The second-order valence-electron chi connectivity index (χ2n) is 5.86. The number of ketones is 1. The third-order valence-corrected chi connectivity index (χ3v) is 5.15. The molecule has 1 fully saturated rings. The second-order valence-corrected chi connectivity index (χ2v) is 7.18. The standard InChI is InChI=1S/C18H14BrClO3/c19-11-5-6-13(20)12(9-11)18(21)10-4-7-16-17(8-10)23-15-3-1-2-14(15)22-16/h4-9,14-15H,1-3H2. The Hall–Kier alpha value is -1.52. The van der Waals surface area contributed by atoms with E-state index in [0.717, 1.165) is 23.7 Å². The van der Waals surface area contributed by atoms with E-state index in [1.165, 1.54) is 0 Å². The molecule has 3 nitrogen and oxygen atoms in total. The van der Waals surface area contributed by atoms with Crippen molar-refractivity contribution in [2.24, 2.45) is 0 Å². The maximum Gasteiger partial charge on any atom is 0.194 e. The van der Waals surface area contributed by atoms with Crippen molar-refractivity contribution in [2.75, 3.05) is 0 Å². The first-order valence-corrected chi connectivity index (χ1v) is 8.76. The minimum Gasteiger partial charge on any atom is -0.483 e. The Kier molecular flexibility index (Phi) is 3.82. The van der Waals surface area contributed by atoms with Crippen LogP contribution in [0.3, 0.4) is 0 Å². The van der Waals surface area contributed by atoms with Crippen LogP contribution in [0.25, 0.3) is 0 Å². The zero-order valence-electron chi connectivity index (χ0n) is 12.2. The van der Waals surface area contributed by atoms with Crippen LogP contribution in [0.4, 0.5) is 0 Å². The van der Waals surface area contributed by atoms with Crippen molar-refractivity contribution in [1.29, 1.82) is 0 Å². The van der Waals surface area contributed by atoms with E-state index in [1.807, 2.05) is 12.1 Å². The predicted octanol–water partition coefficient (Wildman–Crippen LogP) is 5.03. The Morgan fingerprint density at radius 2 is 1.78 bits per heavy atom. The molecule has 0 bridgehead atoms. The molecule has 2 aliphatic rings. The van der Waals surface area contributed by atoms with E-state index in [0.29, 0.717) is 27.6 Å². The topological polar surface area (TPSA) is 35.5 Å². The predicted molar refractivity (Wildman–Crippen MR) is 91.7 cm³/mol. The summed E-state index contributed by atoms with van der Waals surface area (Å²) in [5, 5.41) is 0.434. The number of ether oxygens (including phenoxy) is 2. The van der Waals surface area contributed by atoms with Gasteiger partial charge in [-0.2, -0.15) is 0 Å². The van der Waals surface area contributed by atoms with Crippen molar-refractivity contribution in [3.05, 3.63) is 57.0 Å². The smallest absolute Gasteiger partial charge is 0.194 e. The molecule has 2 unspecified atom stereocenters. The normalized spacial score (nSPS) is 21.8. The van der Waals surface area contributed by atoms with E-state index in [4.69, 9.17) is 21.1 Å². The van der Waals surface area contributed by atoms with Gasteiger partial charge in [0.2, 0.25) is 0 Å². The van der Waals surface area contributed by atoms with Crippen molar-refractivity contribution in [1.82, 2.24) is 0 Å². The minimum absolute atomic E-state index is 0.0994. The monoisotopic (exact) mass is 392 g/mol. The lowest BCUT2D eigenvalue weighted by atomic mass is 10.0. The van der Waals surface area contributed by atoms with E-state index in [2.05, 4.69) is 15.9 Å². The molecule has 0 aromatic heterocycles. The quantitative estimate of drug-likeness (QED) is 0.672. The largest absolute Gasteiger partial charge is 0.483 e. The molecule has 1 heterocycles. The van der Waals surface area contributed by atoms with E-state index in [1.54, 1.807) is 24.3 Å². The molecule has 0 amide bonds. The Morgan fingerprint density at radius 1 is 1.04 bits per heavy atom. The molecule has 0 saturated heterocycles. The third kappa shape index (κ3) is 2.74. The van der Waals surface area contributed by atoms with Crippen molar-refractivity contribution >= 4 is 33.3 Å². The van der Waals surface area contributed by atoms with Gasteiger partial charge in [0.15, 0.2) is 17.3 Å². The zero-order chi connectivity index (χ0) is 16.0. The first kappa shape index (κ1) is 15.0. The van der Waals surface area contributed by atoms with E-state index in [-0.39, 0.29) is 18.0 Å². The molecule has 2 aromatic carbocycles. The molecule has 1 aliphatic heterocycles. The average Bonchev–Trinajstić information content (AvgIpc) is 3.01. The molecule has 0 radical (unpaired) electrons. The summed E-state index contributed by atoms with van der Waals surface area (Å²) in [6, 6.07) is 10.6. The average molecular weight is 394 g/mol. The number of fused-ring (bicyclic) bond motifs is 2. The number of rotatable bonds is 2. The van der Waals surface area contributed by atoms with Gasteiger partial charge < -0.3 is 9.47 Å². The summed E-state index contributed by atoms with van der Waals surface area (Å²) in [6.45, 7) is 0. The summed E-state index contributed by atoms with van der Waals surface area (Å²) in [6.07, 6.45) is 3.38. The molecule has 1 aliphatic carbocycles. The number of hydrogen-bond acceptors (Lipinski definition) is 3. The lowest BCUT2D eigenvalue weighted by molar-refractivity contribution is 0.0428. The molecule has 4 rings (SSSR count). The highest BCUT2D eigenvalue weighted by atomic mass is 79.9. The van der Waals surface area contributed by atoms with Crippen molar-refractivity contribution in [2.45, 2.75) is 31.5 Å². The fourth-order valence-corrected chi connectivity index (χ4v) is 3.72. The fourth-order valence-electron chi connectivity index (χ4n) is 3.15. The van der Waals surface area contributed by atoms with Crippen molar-refractivity contribution in [3.63, 3.8) is 0 Å². The summed E-state index contributed by atoms with van der Waals surface area (Å²) in [5.41, 5.74) is 1.01. The van der Waals surface area contributed by atoms with Gasteiger partial charge in [0.05, 0.1) is 5.02 Å². The maximum atomic E-state index is 12.7. The summed E-state index contributed by atoms with van der Waals surface area (Å²) in [7, 11) is 0. The summed E-state index contributed by atoms with van der Waals surface area (Å²) in [4.78, 5) is 12.7. The number of carbonyl (C=O) groups excluding carboxylic acids is 1. The van der Waals surface area contributed by atoms with Gasteiger partial charge in [0.1, 0.15) is 12.2 Å². The Morgan fingerprint density at radius 3 is 2.57 bits per heavy atom. The molecule has 1 saturated carbocycles. The first-order valence-electron chi connectivity index (χ1n) is 7.59. The second kappa shape index (κ2) is 5.84. The van der Waals surface area contributed by atoms with Gasteiger partial charge in [0.25, 0.3) is 0 Å². The van der Waals surface area contributed by atoms with Crippen LogP contribution in [0, 0.1) is 0 Å². The lowest BCUT2D eigenvalue weighted by Crippen LogP contribution is -2.35. The third-order valence-electron chi connectivity index (χ3n) is 4.33. The van der Waals surface area contributed by atoms with Gasteiger partial charge in [-0.25, -0.2) is 0 Å². The number of halogens is 2. The molecular formula is C18H14BrClO3. The van der Waals surface area contributed by atoms with Crippen LogP contribution in [0.1, 0.15) is 35.2 Å². The van der Waals surface area contributed by atoms with Crippen molar-refractivity contribution in [3.8, 4) is 11.5 Å². The first-order chi connectivity index (χ1) is 11.1. The highest BCUT2D eigenvalue weighted by molar-refractivity contribution is 9.10. The number of hydrogen-bond donors (Lipinski definition) is 0. The van der Waals surface area contributed by atoms with E-state index < -0.39 is 0 Å². The van der Waals surface area contributed by atoms with Gasteiger partial charge in [-0.15, -0.1) is 0 Å². The van der Waals surface area contributed by atoms with Crippen molar-refractivity contribution < 1.29 is 14.3 Å².